The van der Waals surface area contributed by atoms with Crippen LogP contribution in [0.15, 0.2) is 12.3 Å². The molecule has 1 amide bonds. The molecular formula is C11H14ClN3O. The van der Waals surface area contributed by atoms with Crippen LogP contribution in [-0.2, 0) is 7.05 Å². The first-order valence-corrected chi connectivity index (χ1v) is 5.88. The van der Waals surface area contributed by atoms with Crippen molar-refractivity contribution >= 4 is 17.5 Å². The molecule has 5 heteroatoms. The first-order chi connectivity index (χ1) is 7.66. The summed E-state index contributed by atoms with van der Waals surface area (Å²) in [5.74, 6) is 1.26. The Morgan fingerprint density at radius 1 is 1.56 bits per heavy atom. The highest BCUT2D eigenvalue weighted by Gasteiger charge is 2.53. The molecule has 4 nitrogen and oxygen atoms in total. The Labute approximate surface area is 99.0 Å². The quantitative estimate of drug-likeness (QED) is 0.795. The van der Waals surface area contributed by atoms with Gasteiger partial charge >= 0.3 is 0 Å². The molecule has 3 rings (SSSR count). The molecule has 2 unspecified atom stereocenters. The topological polar surface area (TPSA) is 46.1 Å². The van der Waals surface area contributed by atoms with Gasteiger partial charge in [-0.25, -0.2) is 0 Å². The lowest BCUT2D eigenvalue weighted by Gasteiger charge is -2.08. The Bertz CT molecular complexity index is 432. The van der Waals surface area contributed by atoms with Gasteiger partial charge in [-0.05, 0) is 17.9 Å². The van der Waals surface area contributed by atoms with Crippen molar-refractivity contribution in [2.45, 2.75) is 6.04 Å². The van der Waals surface area contributed by atoms with Gasteiger partial charge in [0, 0.05) is 32.4 Å². The molecule has 2 N–H and O–H groups in total. The monoisotopic (exact) mass is 239 g/mol. The number of hydrogen-bond donors (Lipinski definition) is 2. The normalized spacial score (nSPS) is 31.2. The molecule has 1 aromatic rings. The zero-order chi connectivity index (χ0) is 11.3. The zero-order valence-electron chi connectivity index (χ0n) is 9.03. The van der Waals surface area contributed by atoms with Gasteiger partial charge in [-0.1, -0.05) is 11.6 Å². The number of fused-ring (bicyclic) bond motifs is 1. The van der Waals surface area contributed by atoms with E-state index in [2.05, 4.69) is 10.6 Å². The van der Waals surface area contributed by atoms with E-state index in [-0.39, 0.29) is 5.91 Å². The number of piperidine rings is 1. The Kier molecular flexibility index (Phi) is 2.23. The predicted octanol–water partition coefficient (Wildman–Crippen LogP) is 0.626. The van der Waals surface area contributed by atoms with Crippen molar-refractivity contribution in [2.24, 2.45) is 18.9 Å². The summed E-state index contributed by atoms with van der Waals surface area (Å²) in [6, 6.07) is 2.07. The van der Waals surface area contributed by atoms with Crippen LogP contribution in [0.3, 0.4) is 0 Å². The van der Waals surface area contributed by atoms with Gasteiger partial charge in [0.05, 0.1) is 5.02 Å². The lowest BCUT2D eigenvalue weighted by Crippen LogP contribution is -2.33. The fraction of sp³-hybridized carbons (Fsp3) is 0.545. The maximum Gasteiger partial charge on any atom is 0.268 e. The van der Waals surface area contributed by atoms with Crippen LogP contribution in [0, 0.1) is 11.8 Å². The van der Waals surface area contributed by atoms with E-state index in [1.54, 1.807) is 16.8 Å². The molecule has 1 aliphatic carbocycles. The highest BCUT2D eigenvalue weighted by Crippen LogP contribution is 2.41. The standard InChI is InChI=1S/C11H14ClN3O/c1-15-5-6(12)2-9(15)11(16)14-10-7-3-13-4-8(7)10/h2,5,7-8,10,13H,3-4H2,1H3,(H,14,16). The highest BCUT2D eigenvalue weighted by molar-refractivity contribution is 6.31. The molecule has 1 saturated carbocycles. The highest BCUT2D eigenvalue weighted by atomic mass is 35.5. The summed E-state index contributed by atoms with van der Waals surface area (Å²) in [6.45, 7) is 2.06. The van der Waals surface area contributed by atoms with Crippen LogP contribution in [0.1, 0.15) is 10.5 Å². The molecule has 1 saturated heterocycles. The van der Waals surface area contributed by atoms with Gasteiger partial charge in [0.15, 0.2) is 0 Å². The average Bonchev–Trinajstić information content (AvgIpc) is 2.66. The number of aromatic nitrogens is 1. The summed E-state index contributed by atoms with van der Waals surface area (Å²) in [4.78, 5) is 11.9. The maximum atomic E-state index is 11.9. The number of nitrogens with one attached hydrogen (secondary N) is 2. The van der Waals surface area contributed by atoms with Crippen LogP contribution in [0.4, 0.5) is 0 Å². The van der Waals surface area contributed by atoms with Crippen molar-refractivity contribution < 1.29 is 4.79 Å². The van der Waals surface area contributed by atoms with Crippen LogP contribution in [0.25, 0.3) is 0 Å². The number of carbonyl (C=O) groups is 1. The van der Waals surface area contributed by atoms with E-state index in [1.807, 2.05) is 7.05 Å². The van der Waals surface area contributed by atoms with Crippen LogP contribution in [-0.4, -0.2) is 29.6 Å². The summed E-state index contributed by atoms with van der Waals surface area (Å²) in [5.41, 5.74) is 0.628. The summed E-state index contributed by atoms with van der Waals surface area (Å²) in [7, 11) is 1.83. The Balaban J connectivity index is 1.68. The molecular weight excluding hydrogens is 226 g/mol. The van der Waals surface area contributed by atoms with Crippen molar-refractivity contribution in [3.63, 3.8) is 0 Å². The van der Waals surface area contributed by atoms with E-state index in [9.17, 15) is 4.79 Å². The molecule has 16 heavy (non-hydrogen) atoms. The minimum absolute atomic E-state index is 0.0196. The van der Waals surface area contributed by atoms with E-state index >= 15 is 0 Å². The first-order valence-electron chi connectivity index (χ1n) is 5.50. The molecule has 1 aromatic heterocycles. The Morgan fingerprint density at radius 3 is 2.81 bits per heavy atom. The number of amides is 1. The van der Waals surface area contributed by atoms with Gasteiger partial charge in [-0.2, -0.15) is 0 Å². The van der Waals surface area contributed by atoms with Gasteiger partial charge in [-0.3, -0.25) is 4.79 Å². The Morgan fingerprint density at radius 2 is 2.25 bits per heavy atom. The SMILES string of the molecule is Cn1cc(Cl)cc1C(=O)NC1C2CNCC21. The van der Waals surface area contributed by atoms with Gasteiger partial charge in [-0.15, -0.1) is 0 Å². The number of rotatable bonds is 2. The van der Waals surface area contributed by atoms with Gasteiger partial charge in [0.2, 0.25) is 0 Å². The minimum Gasteiger partial charge on any atom is -0.347 e. The van der Waals surface area contributed by atoms with Crippen LogP contribution in [0.2, 0.25) is 5.02 Å². The van der Waals surface area contributed by atoms with Crippen molar-refractivity contribution in [3.05, 3.63) is 23.0 Å². The second-order valence-corrected chi connectivity index (χ2v) is 5.08. The predicted molar refractivity (Wildman–Crippen MR) is 61.5 cm³/mol. The van der Waals surface area contributed by atoms with Gasteiger partial charge < -0.3 is 15.2 Å². The fourth-order valence-corrected chi connectivity index (χ4v) is 2.86. The molecule has 0 bridgehead atoms. The van der Waals surface area contributed by atoms with Gasteiger partial charge in [0.1, 0.15) is 5.69 Å². The smallest absolute Gasteiger partial charge is 0.268 e. The molecule has 2 atom stereocenters. The second-order valence-electron chi connectivity index (χ2n) is 4.64. The average molecular weight is 240 g/mol. The summed E-state index contributed by atoms with van der Waals surface area (Å²) in [5, 5.41) is 6.97. The molecule has 2 heterocycles. The lowest BCUT2D eigenvalue weighted by atomic mass is 10.3. The third-order valence-electron chi connectivity index (χ3n) is 3.59. The van der Waals surface area contributed by atoms with Crippen LogP contribution < -0.4 is 10.6 Å². The van der Waals surface area contributed by atoms with E-state index in [1.165, 1.54) is 0 Å². The maximum absolute atomic E-state index is 11.9. The third kappa shape index (κ3) is 1.53. The summed E-state index contributed by atoms with van der Waals surface area (Å²) < 4.78 is 1.76. The summed E-state index contributed by atoms with van der Waals surface area (Å²) >= 11 is 5.85. The number of halogens is 1. The first kappa shape index (κ1) is 10.2. The van der Waals surface area contributed by atoms with Crippen molar-refractivity contribution in [2.75, 3.05) is 13.1 Å². The van der Waals surface area contributed by atoms with E-state index in [0.29, 0.717) is 28.6 Å². The third-order valence-corrected chi connectivity index (χ3v) is 3.80. The summed E-state index contributed by atoms with van der Waals surface area (Å²) in [6.07, 6.45) is 1.74. The van der Waals surface area contributed by atoms with E-state index in [4.69, 9.17) is 11.6 Å². The van der Waals surface area contributed by atoms with Gasteiger partial charge in [0.25, 0.3) is 5.91 Å². The minimum atomic E-state index is -0.0196. The number of carbonyl (C=O) groups excluding carboxylic acids is 1. The number of nitrogens with zero attached hydrogens (tertiary/aromatic N) is 1. The lowest BCUT2D eigenvalue weighted by molar-refractivity contribution is 0.0938. The molecule has 0 spiro atoms. The number of aryl methyl sites for hydroxylation is 1. The molecule has 0 radical (unpaired) electrons. The largest absolute Gasteiger partial charge is 0.347 e. The van der Waals surface area contributed by atoms with E-state index in [0.717, 1.165) is 13.1 Å². The molecule has 86 valence electrons. The van der Waals surface area contributed by atoms with Crippen LogP contribution >= 0.6 is 11.6 Å². The molecule has 0 aromatic carbocycles. The molecule has 2 fully saturated rings. The molecule has 1 aliphatic heterocycles. The Hall–Kier alpha value is -1.00. The zero-order valence-corrected chi connectivity index (χ0v) is 9.79. The van der Waals surface area contributed by atoms with E-state index < -0.39 is 0 Å². The van der Waals surface area contributed by atoms with Crippen LogP contribution in [0.5, 0.6) is 0 Å². The number of hydrogen-bond acceptors (Lipinski definition) is 2. The van der Waals surface area contributed by atoms with Crippen molar-refractivity contribution in [3.8, 4) is 0 Å². The van der Waals surface area contributed by atoms with Crippen molar-refractivity contribution in [1.82, 2.24) is 15.2 Å². The molecule has 2 aliphatic rings. The second kappa shape index (κ2) is 3.50. The van der Waals surface area contributed by atoms with Crippen molar-refractivity contribution in [1.29, 1.82) is 0 Å². The fourth-order valence-electron chi connectivity index (χ4n) is 2.61.